The minimum Gasteiger partial charge on any atom is -0.510 e. The first kappa shape index (κ1) is 31.1. The Labute approximate surface area is 440 Å². The topological polar surface area (TPSA) is 35.9 Å². The summed E-state index contributed by atoms with van der Waals surface area (Å²) in [6.45, 7) is 6.48. The first-order valence-electron chi connectivity index (χ1n) is 28.9. The molecule has 70 heavy (non-hydrogen) atoms. The Morgan fingerprint density at radius 2 is 1.20 bits per heavy atom. The van der Waals surface area contributed by atoms with E-state index in [1.807, 2.05) is 48.7 Å². The van der Waals surface area contributed by atoms with E-state index in [4.69, 9.17) is 17.9 Å². The van der Waals surface area contributed by atoms with E-state index in [1.165, 1.54) is 0 Å². The number of aromatic nitrogens is 4. The molecule has 338 valence electrons. The number of benzene rings is 9. The van der Waals surface area contributed by atoms with Gasteiger partial charge in [0.15, 0.2) is 0 Å². The van der Waals surface area contributed by atoms with E-state index < -0.39 is 78.6 Å². The molecule has 0 radical (unpaired) electrons. The van der Waals surface area contributed by atoms with Crippen LogP contribution < -0.4 is 9.30 Å². The van der Waals surface area contributed by atoms with Gasteiger partial charge in [-0.3, -0.25) is 4.57 Å². The summed E-state index contributed by atoms with van der Waals surface area (Å²) < 4.78 is 132. The summed E-state index contributed by atoms with van der Waals surface area (Å²) in [5, 5.41) is 1.97. The van der Waals surface area contributed by atoms with E-state index in [0.29, 0.717) is 44.9 Å². The van der Waals surface area contributed by atoms with Crippen molar-refractivity contribution >= 4 is 32.8 Å². The van der Waals surface area contributed by atoms with Crippen LogP contribution in [-0.4, -0.2) is 14.1 Å². The molecule has 3 aromatic heterocycles. The molecule has 5 nitrogen and oxygen atoms in total. The number of ether oxygens (including phenoxy) is 1. The zero-order valence-electron chi connectivity index (χ0n) is 50.7. The Hall–Kier alpha value is -8.11. The van der Waals surface area contributed by atoms with Crippen molar-refractivity contribution < 1.29 is 48.2 Å². The number of nitrogens with zero attached hydrogens (tertiary/aromatic N) is 4. The monoisotopic (exact) mass is 1090 g/mol. The fourth-order valence-corrected chi connectivity index (χ4v) is 9.54. The summed E-state index contributed by atoms with van der Waals surface area (Å²) in [7, 11) is 0. The Bertz CT molecular complexity index is 4750. The predicted octanol–water partition coefficient (Wildman–Crippen LogP) is 15.5. The predicted molar refractivity (Wildman–Crippen MR) is 279 cm³/mol. The first-order chi connectivity index (χ1) is 39.3. The molecule has 9 aromatic carbocycles. The molecule has 0 amide bonds. The summed E-state index contributed by atoms with van der Waals surface area (Å²) >= 11 is 0. The minimum atomic E-state index is -0.655. The van der Waals surface area contributed by atoms with E-state index in [9.17, 15) is 9.60 Å². The summed E-state index contributed by atoms with van der Waals surface area (Å²) in [6.07, 6.45) is 5.32. The third-order valence-corrected chi connectivity index (χ3v) is 12.7. The molecule has 12 aromatic rings. The zero-order chi connectivity index (χ0) is 57.5. The van der Waals surface area contributed by atoms with Crippen LogP contribution in [0.3, 0.4) is 0 Å². The largest absolute Gasteiger partial charge is 0.510 e. The third kappa shape index (κ3) is 7.11. The SMILES string of the molecule is [2H]c1c([2H])c([2H])c(-c2ccc3c(c2-[n+]2[c-]n(-c4[c-]c(Oc5[c-]c6c(cc5)c5ccccc5n6-c5cc(C(C)(C)C)ccn5)ccc4)c4ccccc42)-c2c([2H])c([2H])c([2H])c([2H])c2-c2c([2H])c([2H])c([2H])c([2H])c2-c2ccccc2-3)c([2H])c1[2H].[Pt]. The number of hydrogen-bond donors (Lipinski definition) is 0. The fraction of sp³-hybridized carbons (Fsp3) is 0.0625. The van der Waals surface area contributed by atoms with Gasteiger partial charge in [-0.15, -0.1) is 29.7 Å². The Morgan fingerprint density at radius 1 is 0.557 bits per heavy atom. The minimum absolute atomic E-state index is 0. The van der Waals surface area contributed by atoms with Crippen molar-refractivity contribution in [1.29, 1.82) is 0 Å². The van der Waals surface area contributed by atoms with Gasteiger partial charge in [0.2, 0.25) is 0 Å². The van der Waals surface area contributed by atoms with Crippen LogP contribution in [0.5, 0.6) is 11.5 Å². The normalized spacial score (nSPS) is 14.4. The average molecular weight is 1090 g/mol. The third-order valence-electron chi connectivity index (χ3n) is 12.7. The second-order valence-electron chi connectivity index (χ2n) is 17.8. The molecule has 0 N–H and O–H groups in total. The summed E-state index contributed by atoms with van der Waals surface area (Å²) in [5.41, 5.74) is 4.74. The van der Waals surface area contributed by atoms with Crippen molar-refractivity contribution in [3.8, 4) is 84.3 Å². The Kier molecular flexibility index (Phi) is 7.61. The summed E-state index contributed by atoms with van der Waals surface area (Å²) in [6, 6.07) is 38.3. The van der Waals surface area contributed by atoms with Crippen molar-refractivity contribution in [2.24, 2.45) is 0 Å². The van der Waals surface area contributed by atoms with E-state index in [2.05, 4.69) is 62.0 Å². The molecule has 0 unspecified atom stereocenters. The van der Waals surface area contributed by atoms with Crippen molar-refractivity contribution in [2.45, 2.75) is 26.2 Å². The molecule has 0 bridgehead atoms. The van der Waals surface area contributed by atoms with Crippen LogP contribution in [0.25, 0.3) is 106 Å². The molecule has 0 aliphatic heterocycles. The second-order valence-corrected chi connectivity index (χ2v) is 17.8. The van der Waals surface area contributed by atoms with Gasteiger partial charge in [-0.25, -0.2) is 4.98 Å². The Morgan fingerprint density at radius 3 is 1.99 bits per heavy atom. The van der Waals surface area contributed by atoms with E-state index in [0.717, 1.165) is 33.2 Å². The van der Waals surface area contributed by atoms with Gasteiger partial charge in [-0.05, 0) is 90.3 Å². The molecule has 0 spiro atoms. The second kappa shape index (κ2) is 17.1. The van der Waals surface area contributed by atoms with Crippen LogP contribution in [0.1, 0.15) is 44.2 Å². The maximum atomic E-state index is 9.86. The molecule has 0 atom stereocenters. The van der Waals surface area contributed by atoms with Crippen molar-refractivity contribution in [2.75, 3.05) is 0 Å². The van der Waals surface area contributed by atoms with E-state index in [-0.39, 0.29) is 71.1 Å². The van der Waals surface area contributed by atoms with Gasteiger partial charge in [0.1, 0.15) is 5.82 Å². The molecule has 1 aliphatic rings. The number of hydrogen-bond acceptors (Lipinski definition) is 2. The average Bonchev–Trinajstić information content (AvgIpc) is 3.51. The maximum absolute atomic E-state index is 9.86. The quantitative estimate of drug-likeness (QED) is 0.123. The van der Waals surface area contributed by atoms with Crippen molar-refractivity contribution in [3.63, 3.8) is 0 Å². The van der Waals surface area contributed by atoms with Crippen molar-refractivity contribution in [3.05, 3.63) is 236 Å². The van der Waals surface area contributed by atoms with Gasteiger partial charge >= 0.3 is 0 Å². The molecule has 0 fully saturated rings. The van der Waals surface area contributed by atoms with Crippen LogP contribution in [0.15, 0.2) is 212 Å². The number of pyridine rings is 1. The van der Waals surface area contributed by atoms with Crippen LogP contribution >= 0.6 is 0 Å². The molecule has 3 heterocycles. The van der Waals surface area contributed by atoms with Crippen LogP contribution in [-0.2, 0) is 26.5 Å². The number of imidazole rings is 1. The summed E-state index contributed by atoms with van der Waals surface area (Å²) in [4.78, 5) is 4.82. The van der Waals surface area contributed by atoms with Crippen molar-refractivity contribution in [1.82, 2.24) is 14.1 Å². The number of para-hydroxylation sites is 3. The molecule has 13 rings (SSSR count). The first-order valence-corrected chi connectivity index (χ1v) is 22.4. The van der Waals surface area contributed by atoms with E-state index in [1.54, 1.807) is 75.9 Å². The van der Waals surface area contributed by atoms with Gasteiger partial charge in [0.05, 0.1) is 34.5 Å². The van der Waals surface area contributed by atoms with Gasteiger partial charge in [0.25, 0.3) is 6.33 Å². The van der Waals surface area contributed by atoms with Crippen LogP contribution in [0, 0.1) is 18.5 Å². The molecule has 1 aliphatic carbocycles. The number of rotatable bonds is 6. The maximum Gasteiger partial charge on any atom is 0.268 e. The van der Waals surface area contributed by atoms with Gasteiger partial charge in [0, 0.05) is 49.8 Å². The van der Waals surface area contributed by atoms with Crippen LogP contribution in [0.2, 0.25) is 0 Å². The molecule has 0 saturated heterocycles. The standard InChI is InChI=1S/C64H44N4O.Pt/c1-64(2,3)43-36-37-65-61(38-43)68-57-29-14-13-27-53(57)54-33-32-46(40-60(54)68)69-45-21-17-20-44(39-45)66-41-67(59-31-16-15-30-58(59)66)63-47(42-18-5-4-6-19-42)34-35-56-52-26-10-9-24-50(52)48-22-7-8-23-49(48)51-25-11-12-28-55(51)62(56)63;/h4-38H,1-3H3;/q-2;/i4D,5D,6D,7D,8D,11D,12D,18D,19D,22D,23D,25D,28D;. The molecule has 6 heteroatoms. The molecular formula is C64H44N4OPt-2. The van der Waals surface area contributed by atoms with Gasteiger partial charge < -0.3 is 13.9 Å². The Balaban J connectivity index is 0.00000680. The fourth-order valence-electron chi connectivity index (χ4n) is 9.54. The zero-order valence-corrected chi connectivity index (χ0v) is 40.0. The number of fused-ring (bicyclic) bond motifs is 12. The van der Waals surface area contributed by atoms with Gasteiger partial charge in [-0.1, -0.05) is 184 Å². The summed E-state index contributed by atoms with van der Waals surface area (Å²) in [5.74, 6) is 1.44. The van der Waals surface area contributed by atoms with Crippen LogP contribution in [0.4, 0.5) is 0 Å². The van der Waals surface area contributed by atoms with E-state index >= 15 is 0 Å². The molecule has 0 saturated carbocycles. The van der Waals surface area contributed by atoms with Gasteiger partial charge in [-0.2, -0.15) is 18.2 Å². The smallest absolute Gasteiger partial charge is 0.268 e. The molecular weight excluding hydrogens is 1040 g/mol.